The van der Waals surface area contributed by atoms with Crippen molar-refractivity contribution in [3.8, 4) is 11.1 Å². The van der Waals surface area contributed by atoms with Crippen molar-refractivity contribution in [3.63, 3.8) is 0 Å². The third-order valence-electron chi connectivity index (χ3n) is 6.27. The summed E-state index contributed by atoms with van der Waals surface area (Å²) in [7, 11) is 0. The van der Waals surface area contributed by atoms with E-state index < -0.39 is 11.7 Å². The third-order valence-corrected chi connectivity index (χ3v) is 6.27. The minimum atomic E-state index is -0.671. The number of aromatic nitrogens is 1. The van der Waals surface area contributed by atoms with E-state index in [9.17, 15) is 9.59 Å². The SMILES string of the molecule is CC[C@]12CCCn3ccc(c31)-c1ccccc1N(C(=O)OC(C)(C)C)C(=O)CC2. The second kappa shape index (κ2) is 7.05. The van der Waals surface area contributed by atoms with Gasteiger partial charge in [-0.1, -0.05) is 25.1 Å². The predicted molar refractivity (Wildman–Crippen MR) is 114 cm³/mol. The van der Waals surface area contributed by atoms with E-state index in [0.29, 0.717) is 12.1 Å². The summed E-state index contributed by atoms with van der Waals surface area (Å²) in [6.45, 7) is 8.68. The van der Waals surface area contributed by atoms with E-state index in [1.165, 1.54) is 10.6 Å². The number of amides is 2. The van der Waals surface area contributed by atoms with Crippen LogP contribution in [0.3, 0.4) is 0 Å². The summed E-state index contributed by atoms with van der Waals surface area (Å²) < 4.78 is 7.97. The number of rotatable bonds is 1. The molecule has 1 aromatic heterocycles. The number of fused-ring (bicyclic) bond motifs is 2. The maximum Gasteiger partial charge on any atom is 0.421 e. The van der Waals surface area contributed by atoms with Crippen molar-refractivity contribution in [2.45, 2.75) is 77.4 Å². The zero-order valence-electron chi connectivity index (χ0n) is 17.8. The standard InChI is InChI=1S/C24H30N2O3/c1-5-24-13-8-15-25-16-12-18(21(24)25)17-9-6-7-10-19(17)26(20(27)11-14-24)22(28)29-23(2,3)4/h6-7,9-10,12,16H,5,8,11,13-15H2,1-4H3/t24-/m1/s1. The first-order chi connectivity index (χ1) is 13.8. The Morgan fingerprint density at radius 1 is 1.14 bits per heavy atom. The Kier molecular flexibility index (Phi) is 4.80. The van der Waals surface area contributed by atoms with Gasteiger partial charge >= 0.3 is 6.09 Å². The first kappa shape index (κ1) is 19.7. The predicted octanol–water partition coefficient (Wildman–Crippen LogP) is 5.66. The molecule has 1 aromatic carbocycles. The van der Waals surface area contributed by atoms with Crippen LogP contribution in [0, 0.1) is 0 Å². The van der Waals surface area contributed by atoms with E-state index in [0.717, 1.165) is 43.4 Å². The smallest absolute Gasteiger partial charge is 0.421 e. The summed E-state index contributed by atoms with van der Waals surface area (Å²) in [5, 5.41) is 0. The fourth-order valence-corrected chi connectivity index (χ4v) is 4.93. The van der Waals surface area contributed by atoms with Gasteiger partial charge in [-0.2, -0.15) is 0 Å². The van der Waals surface area contributed by atoms with Gasteiger partial charge in [0, 0.05) is 41.4 Å². The molecule has 154 valence electrons. The van der Waals surface area contributed by atoms with Gasteiger partial charge in [-0.3, -0.25) is 4.79 Å². The van der Waals surface area contributed by atoms with Crippen molar-refractivity contribution in [2.75, 3.05) is 4.90 Å². The number of hydrogen-bond acceptors (Lipinski definition) is 3. The van der Waals surface area contributed by atoms with E-state index in [1.54, 1.807) is 0 Å². The number of carbonyl (C=O) groups excluding carboxylic acids is 2. The molecule has 5 nitrogen and oxygen atoms in total. The number of nitrogens with zero attached hydrogens (tertiary/aromatic N) is 2. The zero-order chi connectivity index (χ0) is 20.8. The summed E-state index contributed by atoms with van der Waals surface area (Å²) in [5.41, 5.74) is 3.27. The maximum absolute atomic E-state index is 13.3. The van der Waals surface area contributed by atoms with E-state index in [1.807, 2.05) is 45.0 Å². The van der Waals surface area contributed by atoms with Crippen LogP contribution in [0.4, 0.5) is 10.5 Å². The van der Waals surface area contributed by atoms with Crippen molar-refractivity contribution in [1.82, 2.24) is 4.57 Å². The van der Waals surface area contributed by atoms with Gasteiger partial charge in [-0.25, -0.2) is 9.69 Å². The molecule has 0 aliphatic carbocycles. The van der Waals surface area contributed by atoms with Crippen LogP contribution < -0.4 is 4.90 Å². The molecule has 4 rings (SSSR count). The lowest BCUT2D eigenvalue weighted by Gasteiger charge is -2.39. The Balaban J connectivity index is 1.92. The largest absolute Gasteiger partial charge is 0.443 e. The molecule has 0 bridgehead atoms. The molecule has 2 aliphatic rings. The van der Waals surface area contributed by atoms with E-state index in [-0.39, 0.29) is 11.3 Å². The van der Waals surface area contributed by atoms with Crippen LogP contribution in [0.15, 0.2) is 36.5 Å². The zero-order valence-corrected chi connectivity index (χ0v) is 17.8. The molecule has 2 amide bonds. The molecule has 5 heteroatoms. The Labute approximate surface area is 172 Å². The molecule has 29 heavy (non-hydrogen) atoms. The molecule has 2 aromatic rings. The van der Waals surface area contributed by atoms with Crippen molar-refractivity contribution in [3.05, 3.63) is 42.2 Å². The van der Waals surface area contributed by atoms with Crippen molar-refractivity contribution in [1.29, 1.82) is 0 Å². The molecule has 0 saturated heterocycles. The van der Waals surface area contributed by atoms with Crippen LogP contribution in [0.1, 0.15) is 65.5 Å². The highest BCUT2D eigenvalue weighted by Crippen LogP contribution is 2.48. The first-order valence-electron chi connectivity index (χ1n) is 10.6. The number of anilines is 1. The molecule has 0 fully saturated rings. The molecule has 2 aliphatic heterocycles. The average Bonchev–Trinajstić information content (AvgIpc) is 3.11. The number of ether oxygens (including phenoxy) is 1. The highest BCUT2D eigenvalue weighted by Gasteiger charge is 2.41. The van der Waals surface area contributed by atoms with Crippen LogP contribution >= 0.6 is 0 Å². The number of benzene rings is 1. The fourth-order valence-electron chi connectivity index (χ4n) is 4.93. The number of para-hydroxylation sites is 1. The van der Waals surface area contributed by atoms with Crippen LogP contribution in [0.2, 0.25) is 0 Å². The molecule has 1 atom stereocenters. The van der Waals surface area contributed by atoms with Gasteiger partial charge < -0.3 is 9.30 Å². The number of imide groups is 1. The number of aryl methyl sites for hydroxylation is 1. The van der Waals surface area contributed by atoms with Gasteiger partial charge in [0.1, 0.15) is 5.60 Å². The topological polar surface area (TPSA) is 51.5 Å². The Hall–Kier alpha value is -2.56. The summed E-state index contributed by atoms with van der Waals surface area (Å²) in [6, 6.07) is 9.85. The maximum atomic E-state index is 13.3. The van der Waals surface area contributed by atoms with Crippen LogP contribution in [0.25, 0.3) is 11.1 Å². The lowest BCUT2D eigenvalue weighted by molar-refractivity contribution is -0.118. The van der Waals surface area contributed by atoms with Gasteiger partial charge in [0.25, 0.3) is 0 Å². The molecule has 3 heterocycles. The van der Waals surface area contributed by atoms with Crippen LogP contribution in [0.5, 0.6) is 0 Å². The molecular weight excluding hydrogens is 364 g/mol. The van der Waals surface area contributed by atoms with Gasteiger partial charge in [-0.05, 0) is 58.6 Å². The summed E-state index contributed by atoms with van der Waals surface area (Å²) >= 11 is 0. The minimum Gasteiger partial charge on any atom is -0.443 e. The fraction of sp³-hybridized carbons (Fsp3) is 0.500. The molecular formula is C24H30N2O3. The Morgan fingerprint density at radius 2 is 1.90 bits per heavy atom. The lowest BCUT2D eigenvalue weighted by atomic mass is 9.70. The monoisotopic (exact) mass is 394 g/mol. The van der Waals surface area contributed by atoms with Gasteiger partial charge in [0.2, 0.25) is 5.91 Å². The van der Waals surface area contributed by atoms with Gasteiger partial charge in [0.15, 0.2) is 0 Å². The van der Waals surface area contributed by atoms with E-state index in [4.69, 9.17) is 4.74 Å². The quantitative estimate of drug-likeness (QED) is 0.627. The summed E-state index contributed by atoms with van der Waals surface area (Å²) in [6.07, 6.45) is 5.79. The van der Waals surface area contributed by atoms with Gasteiger partial charge in [0.05, 0.1) is 5.69 Å². The Morgan fingerprint density at radius 3 is 2.62 bits per heavy atom. The molecule has 0 radical (unpaired) electrons. The lowest BCUT2D eigenvalue weighted by Crippen LogP contribution is -2.41. The average molecular weight is 395 g/mol. The van der Waals surface area contributed by atoms with Crippen molar-refractivity contribution < 1.29 is 14.3 Å². The van der Waals surface area contributed by atoms with Crippen LogP contribution in [-0.2, 0) is 21.5 Å². The summed E-state index contributed by atoms with van der Waals surface area (Å²) in [5.74, 6) is -0.193. The van der Waals surface area contributed by atoms with Gasteiger partial charge in [-0.15, -0.1) is 0 Å². The van der Waals surface area contributed by atoms with E-state index in [2.05, 4.69) is 23.8 Å². The molecule has 0 unspecified atom stereocenters. The van der Waals surface area contributed by atoms with E-state index >= 15 is 0 Å². The third kappa shape index (κ3) is 3.37. The van der Waals surface area contributed by atoms with Crippen molar-refractivity contribution >= 4 is 17.7 Å². The first-order valence-corrected chi connectivity index (χ1v) is 10.6. The summed E-state index contributed by atoms with van der Waals surface area (Å²) in [4.78, 5) is 27.7. The molecule has 0 saturated carbocycles. The highest BCUT2D eigenvalue weighted by molar-refractivity contribution is 6.14. The number of hydrogen-bond donors (Lipinski definition) is 0. The second-order valence-corrected chi connectivity index (χ2v) is 9.24. The second-order valence-electron chi connectivity index (χ2n) is 9.24. The molecule has 0 N–H and O–H groups in total. The van der Waals surface area contributed by atoms with Crippen molar-refractivity contribution in [2.24, 2.45) is 0 Å². The normalized spacial score (nSPS) is 21.5. The van der Waals surface area contributed by atoms with Crippen LogP contribution in [-0.4, -0.2) is 22.2 Å². The Bertz CT molecular complexity index is 953. The minimum absolute atomic E-state index is 0.0379. The molecule has 0 spiro atoms. The highest BCUT2D eigenvalue weighted by atomic mass is 16.6. The number of carbonyl (C=O) groups is 2.